The van der Waals surface area contributed by atoms with Gasteiger partial charge in [0, 0.05) is 17.2 Å². The van der Waals surface area contributed by atoms with Gasteiger partial charge in [0.1, 0.15) is 17.7 Å². The molecule has 0 unspecified atom stereocenters. The van der Waals surface area contributed by atoms with Crippen LogP contribution in [-0.2, 0) is 4.79 Å². The summed E-state index contributed by atoms with van der Waals surface area (Å²) in [5.41, 5.74) is 3.13. The van der Waals surface area contributed by atoms with Crippen LogP contribution >= 0.6 is 0 Å². The summed E-state index contributed by atoms with van der Waals surface area (Å²) in [6.07, 6.45) is 0. The molecule has 0 heterocycles. The SMILES string of the molecule is Cc1ccc([C@H]([NH2+]CC(=O)Nc2cc(F)ccc2F)c2ccccc2)cc1. The van der Waals surface area contributed by atoms with Crippen LogP contribution in [0, 0.1) is 18.6 Å². The molecule has 3 nitrogen and oxygen atoms in total. The zero-order valence-corrected chi connectivity index (χ0v) is 15.0. The topological polar surface area (TPSA) is 45.7 Å². The number of rotatable bonds is 6. The van der Waals surface area contributed by atoms with Gasteiger partial charge in [0.05, 0.1) is 5.69 Å². The number of nitrogens with two attached hydrogens (primary N) is 1. The summed E-state index contributed by atoms with van der Waals surface area (Å²) in [5, 5.41) is 4.31. The Labute approximate surface area is 157 Å². The third kappa shape index (κ3) is 4.99. The predicted molar refractivity (Wildman–Crippen MR) is 101 cm³/mol. The van der Waals surface area contributed by atoms with Crippen molar-refractivity contribution in [2.75, 3.05) is 11.9 Å². The minimum absolute atomic E-state index is 0.0728. The highest BCUT2D eigenvalue weighted by molar-refractivity contribution is 5.91. The molecule has 0 aliphatic rings. The van der Waals surface area contributed by atoms with E-state index in [9.17, 15) is 13.6 Å². The summed E-state index contributed by atoms with van der Waals surface area (Å²) in [5.74, 6) is -1.66. The summed E-state index contributed by atoms with van der Waals surface area (Å²) >= 11 is 0. The average molecular weight is 367 g/mol. The van der Waals surface area contributed by atoms with E-state index in [4.69, 9.17) is 0 Å². The first kappa shape index (κ1) is 18.7. The lowest BCUT2D eigenvalue weighted by Gasteiger charge is -2.17. The average Bonchev–Trinajstić information content (AvgIpc) is 2.67. The van der Waals surface area contributed by atoms with Crippen molar-refractivity contribution in [1.29, 1.82) is 0 Å². The number of halogens is 2. The molecule has 1 atom stereocenters. The number of carbonyl (C=O) groups excluding carboxylic acids is 1. The van der Waals surface area contributed by atoms with Crippen molar-refractivity contribution < 1.29 is 18.9 Å². The van der Waals surface area contributed by atoms with Gasteiger partial charge in [-0.15, -0.1) is 0 Å². The lowest BCUT2D eigenvalue weighted by molar-refractivity contribution is -0.676. The summed E-state index contributed by atoms with van der Waals surface area (Å²) < 4.78 is 27.0. The Morgan fingerprint density at radius 3 is 2.33 bits per heavy atom. The highest BCUT2D eigenvalue weighted by Gasteiger charge is 2.19. The van der Waals surface area contributed by atoms with Crippen LogP contribution < -0.4 is 10.6 Å². The highest BCUT2D eigenvalue weighted by atomic mass is 19.1. The number of carbonyl (C=O) groups is 1. The van der Waals surface area contributed by atoms with E-state index in [0.717, 1.165) is 34.9 Å². The maximum Gasteiger partial charge on any atom is 0.279 e. The van der Waals surface area contributed by atoms with Crippen LogP contribution in [0.4, 0.5) is 14.5 Å². The summed E-state index contributed by atoms with van der Waals surface area (Å²) in [4.78, 5) is 12.3. The zero-order chi connectivity index (χ0) is 19.2. The molecule has 0 fully saturated rings. The van der Waals surface area contributed by atoms with E-state index in [1.54, 1.807) is 0 Å². The monoisotopic (exact) mass is 367 g/mol. The van der Waals surface area contributed by atoms with Crippen LogP contribution in [0.1, 0.15) is 22.7 Å². The van der Waals surface area contributed by atoms with Crippen LogP contribution in [0.25, 0.3) is 0 Å². The molecule has 3 rings (SSSR count). The summed E-state index contributed by atoms with van der Waals surface area (Å²) in [6.45, 7) is 2.09. The quantitative estimate of drug-likeness (QED) is 0.687. The number of nitrogens with one attached hydrogen (secondary N) is 1. The molecule has 3 aromatic carbocycles. The van der Waals surface area contributed by atoms with E-state index in [1.807, 2.05) is 66.8 Å². The van der Waals surface area contributed by atoms with Crippen molar-refractivity contribution in [3.63, 3.8) is 0 Å². The first-order chi connectivity index (χ1) is 13.0. The molecule has 0 spiro atoms. The number of benzene rings is 3. The van der Waals surface area contributed by atoms with Gasteiger partial charge in [-0.2, -0.15) is 0 Å². The molecule has 3 aromatic rings. The van der Waals surface area contributed by atoms with Crippen molar-refractivity contribution in [2.24, 2.45) is 0 Å². The smallest absolute Gasteiger partial charge is 0.279 e. The van der Waals surface area contributed by atoms with E-state index in [1.165, 1.54) is 0 Å². The minimum atomic E-state index is -0.664. The zero-order valence-electron chi connectivity index (χ0n) is 15.0. The van der Waals surface area contributed by atoms with Crippen molar-refractivity contribution in [2.45, 2.75) is 13.0 Å². The molecule has 0 aromatic heterocycles. The Hall–Kier alpha value is -3.05. The fourth-order valence-corrected chi connectivity index (χ4v) is 2.92. The van der Waals surface area contributed by atoms with E-state index < -0.39 is 17.5 Å². The molecule has 27 heavy (non-hydrogen) atoms. The molecular weight excluding hydrogens is 346 g/mol. The number of aryl methyl sites for hydroxylation is 1. The van der Waals surface area contributed by atoms with Gasteiger partial charge in [0.15, 0.2) is 6.54 Å². The largest absolute Gasteiger partial charge is 0.328 e. The molecule has 5 heteroatoms. The molecule has 0 saturated heterocycles. The van der Waals surface area contributed by atoms with Gasteiger partial charge >= 0.3 is 0 Å². The maximum atomic E-state index is 13.7. The molecule has 0 saturated carbocycles. The second kappa shape index (κ2) is 8.56. The van der Waals surface area contributed by atoms with Gasteiger partial charge in [-0.3, -0.25) is 4.79 Å². The third-order valence-electron chi connectivity index (χ3n) is 4.34. The van der Waals surface area contributed by atoms with Crippen LogP contribution in [0.15, 0.2) is 72.8 Å². The first-order valence-electron chi connectivity index (χ1n) is 8.72. The van der Waals surface area contributed by atoms with Gasteiger partial charge in [0.25, 0.3) is 5.91 Å². The summed E-state index contributed by atoms with van der Waals surface area (Å²) in [7, 11) is 0. The summed E-state index contributed by atoms with van der Waals surface area (Å²) in [6, 6.07) is 20.9. The molecule has 1 amide bonds. The predicted octanol–water partition coefficient (Wildman–Crippen LogP) is 3.56. The van der Waals surface area contributed by atoms with E-state index in [0.29, 0.717) is 0 Å². The molecule has 0 aliphatic heterocycles. The van der Waals surface area contributed by atoms with Gasteiger partial charge in [-0.1, -0.05) is 60.2 Å². The van der Waals surface area contributed by atoms with Gasteiger partial charge < -0.3 is 10.6 Å². The minimum Gasteiger partial charge on any atom is -0.328 e. The molecule has 0 radical (unpaired) electrons. The van der Waals surface area contributed by atoms with E-state index >= 15 is 0 Å². The van der Waals surface area contributed by atoms with Gasteiger partial charge in [-0.05, 0) is 19.1 Å². The third-order valence-corrected chi connectivity index (χ3v) is 4.34. The molecule has 3 N–H and O–H groups in total. The maximum absolute atomic E-state index is 13.7. The number of anilines is 1. The lowest BCUT2D eigenvalue weighted by atomic mass is 9.98. The van der Waals surface area contributed by atoms with Crippen LogP contribution in [0.2, 0.25) is 0 Å². The second-order valence-corrected chi connectivity index (χ2v) is 6.41. The number of hydrogen-bond acceptors (Lipinski definition) is 1. The fourth-order valence-electron chi connectivity index (χ4n) is 2.92. The Bertz CT molecular complexity index is 911. The Balaban J connectivity index is 1.73. The van der Waals surface area contributed by atoms with Gasteiger partial charge in [0.2, 0.25) is 0 Å². The van der Waals surface area contributed by atoms with Crippen LogP contribution in [-0.4, -0.2) is 12.5 Å². The first-order valence-corrected chi connectivity index (χ1v) is 8.72. The van der Waals surface area contributed by atoms with Gasteiger partial charge in [-0.25, -0.2) is 8.78 Å². The molecule has 138 valence electrons. The van der Waals surface area contributed by atoms with E-state index in [-0.39, 0.29) is 18.3 Å². The standard InChI is InChI=1S/C22H20F2N2O/c1-15-7-9-17(10-8-15)22(16-5-3-2-4-6-16)25-14-21(27)26-20-13-18(23)11-12-19(20)24/h2-13,22,25H,14H2,1H3,(H,26,27)/p+1/t22-/m1/s1. The molecular formula is C22H21F2N2O+. The highest BCUT2D eigenvalue weighted by Crippen LogP contribution is 2.19. The Morgan fingerprint density at radius 2 is 1.63 bits per heavy atom. The van der Waals surface area contributed by atoms with Crippen molar-refractivity contribution in [1.82, 2.24) is 0 Å². The van der Waals surface area contributed by atoms with Crippen molar-refractivity contribution in [3.05, 3.63) is 101 Å². The van der Waals surface area contributed by atoms with Crippen LogP contribution in [0.5, 0.6) is 0 Å². The Morgan fingerprint density at radius 1 is 0.963 bits per heavy atom. The van der Waals surface area contributed by atoms with Crippen molar-refractivity contribution >= 4 is 11.6 Å². The van der Waals surface area contributed by atoms with Crippen molar-refractivity contribution in [3.8, 4) is 0 Å². The number of hydrogen-bond donors (Lipinski definition) is 2. The fraction of sp³-hybridized carbons (Fsp3) is 0.136. The molecule has 0 bridgehead atoms. The van der Waals surface area contributed by atoms with Crippen LogP contribution in [0.3, 0.4) is 0 Å². The normalized spacial score (nSPS) is 11.8. The lowest BCUT2D eigenvalue weighted by Crippen LogP contribution is -2.87. The second-order valence-electron chi connectivity index (χ2n) is 6.41. The number of amides is 1. The number of quaternary nitrogens is 1. The van der Waals surface area contributed by atoms with E-state index in [2.05, 4.69) is 5.32 Å². The Kier molecular flexibility index (Phi) is 5.94. The molecule has 0 aliphatic carbocycles.